The summed E-state index contributed by atoms with van der Waals surface area (Å²) in [6.45, 7) is 1.95. The molecule has 1 atom stereocenters. The van der Waals surface area contributed by atoms with Gasteiger partial charge in [0.1, 0.15) is 0 Å². The van der Waals surface area contributed by atoms with E-state index in [2.05, 4.69) is 33.0 Å². The first kappa shape index (κ1) is 11.7. The van der Waals surface area contributed by atoms with Gasteiger partial charge in [-0.3, -0.25) is 0 Å². The SMILES string of the molecule is c1ccc(Sc2nnnn2CC2CCCN2)cc1. The van der Waals surface area contributed by atoms with Crippen LogP contribution >= 0.6 is 11.8 Å². The minimum absolute atomic E-state index is 0.503. The number of hydrogen-bond acceptors (Lipinski definition) is 5. The third-order valence-corrected chi connectivity index (χ3v) is 3.99. The number of nitrogens with zero attached hydrogens (tertiary/aromatic N) is 4. The average Bonchev–Trinajstić information content (AvgIpc) is 3.04. The van der Waals surface area contributed by atoms with Crippen LogP contribution in [-0.4, -0.2) is 32.8 Å². The van der Waals surface area contributed by atoms with Crippen molar-refractivity contribution in [1.82, 2.24) is 25.5 Å². The molecule has 6 heteroatoms. The molecule has 0 amide bonds. The number of rotatable bonds is 4. The lowest BCUT2D eigenvalue weighted by Crippen LogP contribution is -2.27. The molecule has 1 unspecified atom stereocenters. The minimum atomic E-state index is 0.503. The molecular formula is C12H15N5S. The van der Waals surface area contributed by atoms with E-state index in [0.717, 1.165) is 23.1 Å². The highest BCUT2D eigenvalue weighted by Crippen LogP contribution is 2.25. The van der Waals surface area contributed by atoms with Gasteiger partial charge in [0.05, 0.1) is 6.54 Å². The average molecular weight is 261 g/mol. The standard InChI is InChI=1S/C12H15N5S/c1-2-6-11(7-3-1)18-12-14-15-16-17(12)9-10-5-4-8-13-10/h1-3,6-7,10,13H,4-5,8-9H2. The second-order valence-corrected chi connectivity index (χ2v) is 5.39. The number of hydrogen-bond donors (Lipinski definition) is 1. The van der Waals surface area contributed by atoms with Crippen LogP contribution in [0.1, 0.15) is 12.8 Å². The molecule has 1 fully saturated rings. The van der Waals surface area contributed by atoms with Crippen LogP contribution in [0.25, 0.3) is 0 Å². The lowest BCUT2D eigenvalue weighted by Gasteiger charge is -2.10. The van der Waals surface area contributed by atoms with Gasteiger partial charge in [-0.05, 0) is 53.7 Å². The molecule has 1 aliphatic rings. The zero-order valence-electron chi connectivity index (χ0n) is 9.99. The first-order chi connectivity index (χ1) is 8.92. The molecule has 0 saturated carbocycles. The van der Waals surface area contributed by atoms with E-state index in [0.29, 0.717) is 6.04 Å². The van der Waals surface area contributed by atoms with E-state index in [-0.39, 0.29) is 0 Å². The van der Waals surface area contributed by atoms with Crippen LogP contribution in [0, 0.1) is 0 Å². The summed E-state index contributed by atoms with van der Waals surface area (Å²) >= 11 is 1.60. The maximum absolute atomic E-state index is 4.09. The van der Waals surface area contributed by atoms with Gasteiger partial charge >= 0.3 is 0 Å². The van der Waals surface area contributed by atoms with Gasteiger partial charge in [0.15, 0.2) is 0 Å². The third-order valence-electron chi connectivity index (χ3n) is 3.01. The van der Waals surface area contributed by atoms with Crippen molar-refractivity contribution in [2.45, 2.75) is 35.5 Å². The summed E-state index contributed by atoms with van der Waals surface area (Å²) < 4.78 is 1.89. The topological polar surface area (TPSA) is 55.6 Å². The van der Waals surface area contributed by atoms with Gasteiger partial charge in [0.25, 0.3) is 0 Å². The molecule has 94 valence electrons. The first-order valence-electron chi connectivity index (χ1n) is 6.14. The lowest BCUT2D eigenvalue weighted by atomic mass is 10.2. The smallest absolute Gasteiger partial charge is 0.214 e. The molecule has 0 spiro atoms. The summed E-state index contributed by atoms with van der Waals surface area (Å²) in [5.74, 6) is 0. The largest absolute Gasteiger partial charge is 0.312 e. The first-order valence-corrected chi connectivity index (χ1v) is 6.96. The fraction of sp³-hybridized carbons (Fsp3) is 0.417. The molecule has 1 aliphatic heterocycles. The van der Waals surface area contributed by atoms with Crippen molar-refractivity contribution >= 4 is 11.8 Å². The molecule has 0 bridgehead atoms. The predicted molar refractivity (Wildman–Crippen MR) is 69.4 cm³/mol. The fourth-order valence-electron chi connectivity index (χ4n) is 2.10. The molecule has 18 heavy (non-hydrogen) atoms. The molecule has 1 saturated heterocycles. The van der Waals surface area contributed by atoms with Crippen molar-refractivity contribution in [1.29, 1.82) is 0 Å². The molecule has 2 heterocycles. The van der Waals surface area contributed by atoms with Crippen molar-refractivity contribution in [2.24, 2.45) is 0 Å². The second kappa shape index (κ2) is 5.49. The van der Waals surface area contributed by atoms with E-state index in [1.165, 1.54) is 12.8 Å². The van der Waals surface area contributed by atoms with E-state index in [9.17, 15) is 0 Å². The molecule has 0 radical (unpaired) electrons. The molecule has 1 N–H and O–H groups in total. The minimum Gasteiger partial charge on any atom is -0.312 e. The summed E-state index contributed by atoms with van der Waals surface area (Å²) in [6.07, 6.45) is 2.45. The Labute approximate surface area is 110 Å². The molecule has 3 rings (SSSR count). The number of tetrazole rings is 1. The van der Waals surface area contributed by atoms with Gasteiger partial charge < -0.3 is 5.32 Å². The van der Waals surface area contributed by atoms with Crippen LogP contribution in [0.3, 0.4) is 0 Å². The maximum Gasteiger partial charge on any atom is 0.214 e. The highest BCUT2D eigenvalue weighted by molar-refractivity contribution is 7.99. The van der Waals surface area contributed by atoms with Crippen molar-refractivity contribution in [3.05, 3.63) is 30.3 Å². The Morgan fingerprint density at radius 2 is 2.22 bits per heavy atom. The van der Waals surface area contributed by atoms with Gasteiger partial charge in [-0.25, -0.2) is 4.68 Å². The van der Waals surface area contributed by atoms with Crippen LogP contribution in [0.4, 0.5) is 0 Å². The Hall–Kier alpha value is -1.40. The van der Waals surface area contributed by atoms with E-state index < -0.39 is 0 Å². The summed E-state index contributed by atoms with van der Waals surface area (Å²) in [6, 6.07) is 10.7. The zero-order chi connectivity index (χ0) is 12.2. The molecule has 1 aromatic carbocycles. The Bertz CT molecular complexity index is 492. The maximum atomic E-state index is 4.09. The van der Waals surface area contributed by atoms with E-state index in [1.807, 2.05) is 22.9 Å². The van der Waals surface area contributed by atoms with Crippen molar-refractivity contribution in [3.8, 4) is 0 Å². The van der Waals surface area contributed by atoms with Crippen LogP contribution in [0.2, 0.25) is 0 Å². The van der Waals surface area contributed by atoms with E-state index in [4.69, 9.17) is 0 Å². The van der Waals surface area contributed by atoms with Crippen molar-refractivity contribution in [2.75, 3.05) is 6.54 Å². The van der Waals surface area contributed by atoms with Gasteiger partial charge in [0.2, 0.25) is 5.16 Å². The summed E-state index contributed by atoms with van der Waals surface area (Å²) in [7, 11) is 0. The van der Waals surface area contributed by atoms with Gasteiger partial charge in [-0.2, -0.15) is 0 Å². The third kappa shape index (κ3) is 2.70. The Morgan fingerprint density at radius 1 is 1.33 bits per heavy atom. The highest BCUT2D eigenvalue weighted by atomic mass is 32.2. The van der Waals surface area contributed by atoms with Crippen molar-refractivity contribution in [3.63, 3.8) is 0 Å². The monoisotopic (exact) mass is 261 g/mol. The second-order valence-electron chi connectivity index (χ2n) is 4.35. The zero-order valence-corrected chi connectivity index (χ0v) is 10.8. The molecule has 1 aromatic heterocycles. The van der Waals surface area contributed by atoms with Crippen LogP contribution in [-0.2, 0) is 6.54 Å². The summed E-state index contributed by atoms with van der Waals surface area (Å²) in [4.78, 5) is 1.16. The van der Waals surface area contributed by atoms with Crippen LogP contribution in [0.15, 0.2) is 40.4 Å². The lowest BCUT2D eigenvalue weighted by molar-refractivity contribution is 0.443. The number of aromatic nitrogens is 4. The normalized spacial score (nSPS) is 19.2. The van der Waals surface area contributed by atoms with Gasteiger partial charge in [-0.15, -0.1) is 5.10 Å². The van der Waals surface area contributed by atoms with Crippen LogP contribution < -0.4 is 5.32 Å². The predicted octanol–water partition coefficient (Wildman–Crippen LogP) is 1.58. The van der Waals surface area contributed by atoms with E-state index in [1.54, 1.807) is 11.8 Å². The molecule has 0 aliphatic carbocycles. The summed E-state index contributed by atoms with van der Waals surface area (Å²) in [5.41, 5.74) is 0. The van der Waals surface area contributed by atoms with Gasteiger partial charge in [-0.1, -0.05) is 18.2 Å². The number of benzene rings is 1. The molecular weight excluding hydrogens is 246 g/mol. The van der Waals surface area contributed by atoms with Crippen molar-refractivity contribution < 1.29 is 0 Å². The Balaban J connectivity index is 1.71. The highest BCUT2D eigenvalue weighted by Gasteiger charge is 2.17. The molecule has 5 nitrogen and oxygen atoms in total. The molecule has 2 aromatic rings. The summed E-state index contributed by atoms with van der Waals surface area (Å²) in [5, 5.41) is 16.3. The van der Waals surface area contributed by atoms with Crippen LogP contribution in [0.5, 0.6) is 0 Å². The fourth-order valence-corrected chi connectivity index (χ4v) is 2.90. The number of nitrogens with one attached hydrogen (secondary N) is 1. The quantitative estimate of drug-likeness (QED) is 0.905. The van der Waals surface area contributed by atoms with E-state index >= 15 is 0 Å². The Morgan fingerprint density at radius 3 is 3.00 bits per heavy atom. The Kier molecular flexibility index (Phi) is 3.56. The van der Waals surface area contributed by atoms with Gasteiger partial charge in [0, 0.05) is 10.9 Å².